The molecule has 22 heavy (non-hydrogen) atoms. The fourth-order valence-corrected chi connectivity index (χ4v) is 2.90. The molecule has 1 fully saturated rings. The van der Waals surface area contributed by atoms with E-state index in [4.69, 9.17) is 4.42 Å². The van der Waals surface area contributed by atoms with Gasteiger partial charge in [0.1, 0.15) is 5.76 Å². The van der Waals surface area contributed by atoms with Crippen LogP contribution in [0, 0.1) is 19.8 Å². The Morgan fingerprint density at radius 3 is 2.41 bits per heavy atom. The number of amides is 1. The van der Waals surface area contributed by atoms with Crippen molar-refractivity contribution < 1.29 is 9.21 Å². The third-order valence-electron chi connectivity index (χ3n) is 4.40. The lowest BCUT2D eigenvalue weighted by atomic mass is 9.88. The maximum Gasteiger partial charge on any atom is 0.227 e. The molecule has 1 N–H and O–H groups in total. The molecule has 1 saturated carbocycles. The van der Waals surface area contributed by atoms with Crippen LogP contribution >= 0.6 is 0 Å². The molecule has 2 aromatic rings. The Hall–Kier alpha value is -2.10. The van der Waals surface area contributed by atoms with E-state index in [1.54, 1.807) is 0 Å². The number of carbonyl (C=O) groups excluding carboxylic acids is 1. The van der Waals surface area contributed by atoms with E-state index in [0.717, 1.165) is 35.5 Å². The molecule has 1 amide bonds. The highest BCUT2D eigenvalue weighted by atomic mass is 16.4. The van der Waals surface area contributed by atoms with E-state index < -0.39 is 0 Å². The molecule has 1 aliphatic rings. The van der Waals surface area contributed by atoms with Crippen LogP contribution in [-0.4, -0.2) is 10.9 Å². The molecular weight excluding hydrogens is 276 g/mol. The zero-order chi connectivity index (χ0) is 15.5. The summed E-state index contributed by atoms with van der Waals surface area (Å²) in [7, 11) is 0. The summed E-state index contributed by atoms with van der Waals surface area (Å²) in [6.07, 6.45) is 5.62. The number of nitrogens with zero attached hydrogens (tertiary/aromatic N) is 1. The molecule has 1 aromatic heterocycles. The van der Waals surface area contributed by atoms with Crippen molar-refractivity contribution in [2.24, 2.45) is 5.92 Å². The first-order chi connectivity index (χ1) is 10.6. The molecule has 3 rings (SSSR count). The Balaban J connectivity index is 1.67. The van der Waals surface area contributed by atoms with Gasteiger partial charge in [0.15, 0.2) is 0 Å². The van der Waals surface area contributed by atoms with Gasteiger partial charge in [0.25, 0.3) is 0 Å². The monoisotopic (exact) mass is 298 g/mol. The molecular formula is C18H22N2O2. The van der Waals surface area contributed by atoms with E-state index >= 15 is 0 Å². The van der Waals surface area contributed by atoms with Gasteiger partial charge in [0.2, 0.25) is 11.8 Å². The third kappa shape index (κ3) is 3.21. The fraction of sp³-hybridized carbons (Fsp3) is 0.444. The average Bonchev–Trinajstić information content (AvgIpc) is 2.88. The SMILES string of the molecule is Cc1nc(-c2ccc(NC(=O)C3CCCCC3)cc2)oc1C. The van der Waals surface area contributed by atoms with Gasteiger partial charge in [0, 0.05) is 17.2 Å². The molecule has 4 heteroatoms. The molecule has 1 aliphatic carbocycles. The van der Waals surface area contributed by atoms with Crippen LogP contribution in [0.5, 0.6) is 0 Å². The lowest BCUT2D eigenvalue weighted by Crippen LogP contribution is -2.24. The van der Waals surface area contributed by atoms with Crippen LogP contribution in [0.4, 0.5) is 5.69 Å². The number of hydrogen-bond acceptors (Lipinski definition) is 3. The molecule has 0 spiro atoms. The first-order valence-electron chi connectivity index (χ1n) is 7.99. The van der Waals surface area contributed by atoms with E-state index in [-0.39, 0.29) is 11.8 Å². The van der Waals surface area contributed by atoms with E-state index in [0.29, 0.717) is 5.89 Å². The number of rotatable bonds is 3. The minimum Gasteiger partial charge on any atom is -0.441 e. The topological polar surface area (TPSA) is 55.1 Å². The lowest BCUT2D eigenvalue weighted by molar-refractivity contribution is -0.120. The fourth-order valence-electron chi connectivity index (χ4n) is 2.90. The number of oxazole rings is 1. The van der Waals surface area contributed by atoms with Gasteiger partial charge in [0.05, 0.1) is 5.69 Å². The molecule has 0 unspecified atom stereocenters. The number of benzene rings is 1. The molecule has 116 valence electrons. The van der Waals surface area contributed by atoms with Crippen molar-refractivity contribution in [3.8, 4) is 11.5 Å². The van der Waals surface area contributed by atoms with E-state index in [1.165, 1.54) is 19.3 Å². The highest BCUT2D eigenvalue weighted by Gasteiger charge is 2.21. The Bertz CT molecular complexity index is 633. The number of aryl methyl sites for hydroxylation is 2. The van der Waals surface area contributed by atoms with Gasteiger partial charge in [-0.25, -0.2) is 4.98 Å². The Kier molecular flexibility index (Phi) is 4.27. The highest BCUT2D eigenvalue weighted by Crippen LogP contribution is 2.26. The molecule has 0 atom stereocenters. The maximum absolute atomic E-state index is 12.2. The zero-order valence-corrected chi connectivity index (χ0v) is 13.2. The summed E-state index contributed by atoms with van der Waals surface area (Å²) >= 11 is 0. The van der Waals surface area contributed by atoms with Crippen molar-refractivity contribution in [1.82, 2.24) is 4.98 Å². The number of carbonyl (C=O) groups is 1. The summed E-state index contributed by atoms with van der Waals surface area (Å²) < 4.78 is 5.62. The molecule has 1 aromatic carbocycles. The highest BCUT2D eigenvalue weighted by molar-refractivity contribution is 5.92. The van der Waals surface area contributed by atoms with Crippen LogP contribution in [0.15, 0.2) is 28.7 Å². The van der Waals surface area contributed by atoms with Crippen LogP contribution < -0.4 is 5.32 Å². The summed E-state index contributed by atoms with van der Waals surface area (Å²) in [4.78, 5) is 16.6. The average molecular weight is 298 g/mol. The normalized spacial score (nSPS) is 15.7. The Labute approximate surface area is 130 Å². The first kappa shape index (κ1) is 14.8. The molecule has 0 saturated heterocycles. The van der Waals surface area contributed by atoms with Crippen molar-refractivity contribution in [2.45, 2.75) is 46.0 Å². The van der Waals surface area contributed by atoms with Gasteiger partial charge in [-0.2, -0.15) is 0 Å². The zero-order valence-electron chi connectivity index (χ0n) is 13.2. The molecule has 0 bridgehead atoms. The molecule has 4 nitrogen and oxygen atoms in total. The number of aromatic nitrogens is 1. The van der Waals surface area contributed by atoms with E-state index in [2.05, 4.69) is 10.3 Å². The van der Waals surface area contributed by atoms with Gasteiger partial charge < -0.3 is 9.73 Å². The Morgan fingerprint density at radius 2 is 1.82 bits per heavy atom. The maximum atomic E-state index is 12.2. The lowest BCUT2D eigenvalue weighted by Gasteiger charge is -2.20. The summed E-state index contributed by atoms with van der Waals surface area (Å²) in [5.41, 5.74) is 2.66. The van der Waals surface area contributed by atoms with Crippen molar-refractivity contribution in [3.63, 3.8) is 0 Å². The van der Waals surface area contributed by atoms with E-state index in [9.17, 15) is 4.79 Å². The van der Waals surface area contributed by atoms with E-state index in [1.807, 2.05) is 38.1 Å². The van der Waals surface area contributed by atoms with Gasteiger partial charge >= 0.3 is 0 Å². The molecule has 1 heterocycles. The van der Waals surface area contributed by atoms with Gasteiger partial charge in [-0.3, -0.25) is 4.79 Å². The minimum atomic E-state index is 0.148. The van der Waals surface area contributed by atoms with Crippen LogP contribution in [-0.2, 0) is 4.79 Å². The quantitative estimate of drug-likeness (QED) is 0.909. The van der Waals surface area contributed by atoms with Crippen LogP contribution in [0.2, 0.25) is 0 Å². The third-order valence-corrected chi connectivity index (χ3v) is 4.40. The summed E-state index contributed by atoms with van der Waals surface area (Å²) in [5.74, 6) is 1.78. The number of anilines is 1. The predicted molar refractivity (Wildman–Crippen MR) is 86.6 cm³/mol. The molecule has 0 radical (unpaired) electrons. The summed E-state index contributed by atoms with van der Waals surface area (Å²) in [6.45, 7) is 3.84. The summed E-state index contributed by atoms with van der Waals surface area (Å²) in [5, 5.41) is 3.02. The standard InChI is InChI=1S/C18H22N2O2/c1-12-13(2)22-18(19-12)15-8-10-16(11-9-15)20-17(21)14-6-4-3-5-7-14/h8-11,14H,3-7H2,1-2H3,(H,20,21). The van der Waals surface area contributed by atoms with Crippen LogP contribution in [0.25, 0.3) is 11.5 Å². The van der Waals surface area contributed by atoms with Crippen molar-refractivity contribution in [3.05, 3.63) is 35.7 Å². The molecule has 0 aliphatic heterocycles. The van der Waals surface area contributed by atoms with Crippen LogP contribution in [0.1, 0.15) is 43.6 Å². The van der Waals surface area contributed by atoms with Gasteiger partial charge in [-0.1, -0.05) is 19.3 Å². The van der Waals surface area contributed by atoms with Crippen LogP contribution in [0.3, 0.4) is 0 Å². The smallest absolute Gasteiger partial charge is 0.227 e. The predicted octanol–water partition coefficient (Wildman–Crippen LogP) is 4.48. The second-order valence-corrected chi connectivity index (χ2v) is 6.06. The largest absolute Gasteiger partial charge is 0.441 e. The Morgan fingerprint density at radius 1 is 1.14 bits per heavy atom. The van der Waals surface area contributed by atoms with Crippen molar-refractivity contribution in [1.29, 1.82) is 0 Å². The second kappa shape index (κ2) is 6.34. The first-order valence-corrected chi connectivity index (χ1v) is 7.99. The van der Waals surface area contributed by atoms with Crippen molar-refractivity contribution in [2.75, 3.05) is 5.32 Å². The van der Waals surface area contributed by atoms with Crippen molar-refractivity contribution >= 4 is 11.6 Å². The van der Waals surface area contributed by atoms with Gasteiger partial charge in [-0.05, 0) is 51.0 Å². The van der Waals surface area contributed by atoms with Gasteiger partial charge in [-0.15, -0.1) is 0 Å². The second-order valence-electron chi connectivity index (χ2n) is 6.06. The number of hydrogen-bond donors (Lipinski definition) is 1. The minimum absolute atomic E-state index is 0.148. The number of nitrogens with one attached hydrogen (secondary N) is 1. The summed E-state index contributed by atoms with van der Waals surface area (Å²) in [6, 6.07) is 7.68.